The van der Waals surface area contributed by atoms with E-state index in [-0.39, 0.29) is 0 Å². The molecule has 31 heavy (non-hydrogen) atoms. The maximum absolute atomic E-state index is 6.15. The number of para-hydroxylation sites is 1. The summed E-state index contributed by atoms with van der Waals surface area (Å²) in [6.45, 7) is 0. The first-order valence-electron chi connectivity index (χ1n) is 9.83. The molecule has 0 aliphatic rings. The molecular weight excluding hydrogens is 388 g/mol. The van der Waals surface area contributed by atoms with Crippen LogP contribution in [0, 0.1) is 0 Å². The first-order chi connectivity index (χ1) is 15.2. The highest BCUT2D eigenvalue weighted by atomic mass is 16.5. The fourth-order valence-electron chi connectivity index (χ4n) is 3.54. The van der Waals surface area contributed by atoms with E-state index in [0.29, 0.717) is 11.5 Å². The second kappa shape index (κ2) is 7.84. The molecule has 152 valence electrons. The van der Waals surface area contributed by atoms with Crippen LogP contribution in [0.3, 0.4) is 0 Å². The maximum Gasteiger partial charge on any atom is 0.158 e. The third-order valence-corrected chi connectivity index (χ3v) is 5.07. The SMILES string of the molecule is COc1cccc(-c2cc(-c3ccc(Oc4ccccc4)cc3)c3c(N)n[nH]c3n2)c1. The Morgan fingerprint density at radius 1 is 0.774 bits per heavy atom. The van der Waals surface area contributed by atoms with Crippen molar-refractivity contribution in [2.24, 2.45) is 0 Å². The largest absolute Gasteiger partial charge is 0.497 e. The summed E-state index contributed by atoms with van der Waals surface area (Å²) in [6, 6.07) is 27.4. The number of pyridine rings is 1. The number of H-pyrrole nitrogens is 1. The van der Waals surface area contributed by atoms with Crippen molar-refractivity contribution in [3.8, 4) is 39.6 Å². The van der Waals surface area contributed by atoms with E-state index in [2.05, 4.69) is 10.2 Å². The molecule has 0 radical (unpaired) electrons. The van der Waals surface area contributed by atoms with Crippen LogP contribution >= 0.6 is 0 Å². The Morgan fingerprint density at radius 2 is 1.52 bits per heavy atom. The highest BCUT2D eigenvalue weighted by molar-refractivity contribution is 6.01. The Labute approximate surface area is 179 Å². The molecule has 2 heterocycles. The lowest BCUT2D eigenvalue weighted by Crippen LogP contribution is -1.92. The predicted molar refractivity (Wildman–Crippen MR) is 122 cm³/mol. The van der Waals surface area contributed by atoms with E-state index in [1.165, 1.54) is 0 Å². The van der Waals surface area contributed by atoms with Crippen LogP contribution in [-0.4, -0.2) is 22.3 Å². The molecule has 0 fully saturated rings. The lowest BCUT2D eigenvalue weighted by Gasteiger charge is -2.10. The van der Waals surface area contributed by atoms with Gasteiger partial charge in [0.05, 0.1) is 18.2 Å². The standard InChI is InChI=1S/C25H20N4O2/c1-30-20-9-5-6-17(14-20)22-15-21(23-24(26)28-29-25(23)27-22)16-10-12-19(13-11-16)31-18-7-3-2-4-8-18/h2-15H,1H3,(H3,26,27,28,29). The number of nitrogens with two attached hydrogens (primary N) is 1. The van der Waals surface area contributed by atoms with Gasteiger partial charge in [0.2, 0.25) is 0 Å². The number of anilines is 1. The zero-order valence-corrected chi connectivity index (χ0v) is 16.9. The number of aromatic amines is 1. The van der Waals surface area contributed by atoms with Gasteiger partial charge in [-0.1, -0.05) is 42.5 Å². The summed E-state index contributed by atoms with van der Waals surface area (Å²) in [7, 11) is 1.65. The average Bonchev–Trinajstić information content (AvgIpc) is 3.20. The van der Waals surface area contributed by atoms with Crippen molar-refractivity contribution in [3.05, 3.63) is 84.9 Å². The Bertz CT molecular complexity index is 1350. The summed E-state index contributed by atoms with van der Waals surface area (Å²) in [4.78, 5) is 4.72. The normalized spacial score (nSPS) is 10.9. The quantitative estimate of drug-likeness (QED) is 0.391. The van der Waals surface area contributed by atoms with Gasteiger partial charge in [0.25, 0.3) is 0 Å². The predicted octanol–water partition coefficient (Wildman–Crippen LogP) is 5.68. The van der Waals surface area contributed by atoms with E-state index in [9.17, 15) is 0 Å². The van der Waals surface area contributed by atoms with Crippen LogP contribution in [0.4, 0.5) is 5.82 Å². The molecule has 0 saturated heterocycles. The van der Waals surface area contributed by atoms with E-state index in [0.717, 1.165) is 45.0 Å². The van der Waals surface area contributed by atoms with Crippen LogP contribution < -0.4 is 15.2 Å². The monoisotopic (exact) mass is 408 g/mol. The first-order valence-corrected chi connectivity index (χ1v) is 9.83. The summed E-state index contributed by atoms with van der Waals surface area (Å²) in [5.41, 5.74) is 10.5. The average molecular weight is 408 g/mol. The van der Waals surface area contributed by atoms with Crippen molar-refractivity contribution >= 4 is 16.9 Å². The highest BCUT2D eigenvalue weighted by Gasteiger charge is 2.15. The maximum atomic E-state index is 6.15. The van der Waals surface area contributed by atoms with Gasteiger partial charge in [-0.15, -0.1) is 0 Å². The number of methoxy groups -OCH3 is 1. The number of hydrogen-bond donors (Lipinski definition) is 2. The Hall–Kier alpha value is -4.32. The van der Waals surface area contributed by atoms with Gasteiger partial charge in [-0.25, -0.2) is 4.98 Å². The molecule has 6 heteroatoms. The Kier molecular flexibility index (Phi) is 4.72. The van der Waals surface area contributed by atoms with Crippen LogP contribution in [0.2, 0.25) is 0 Å². The van der Waals surface area contributed by atoms with E-state index < -0.39 is 0 Å². The minimum atomic E-state index is 0.416. The highest BCUT2D eigenvalue weighted by Crippen LogP contribution is 2.35. The Balaban J connectivity index is 1.57. The second-order valence-corrected chi connectivity index (χ2v) is 7.06. The molecule has 6 nitrogen and oxygen atoms in total. The fraction of sp³-hybridized carbons (Fsp3) is 0.0400. The van der Waals surface area contributed by atoms with Gasteiger partial charge in [0.15, 0.2) is 11.5 Å². The smallest absolute Gasteiger partial charge is 0.158 e. The van der Waals surface area contributed by atoms with E-state index in [1.54, 1.807) is 7.11 Å². The molecule has 2 aromatic heterocycles. The van der Waals surface area contributed by atoms with Gasteiger partial charge in [-0.05, 0) is 53.6 Å². The summed E-state index contributed by atoms with van der Waals surface area (Å²) in [5, 5.41) is 7.90. The molecule has 0 saturated carbocycles. The number of ether oxygens (including phenoxy) is 2. The second-order valence-electron chi connectivity index (χ2n) is 7.06. The van der Waals surface area contributed by atoms with Crippen LogP contribution in [0.1, 0.15) is 0 Å². The van der Waals surface area contributed by atoms with Crippen molar-refractivity contribution < 1.29 is 9.47 Å². The number of benzene rings is 3. The van der Waals surface area contributed by atoms with Gasteiger partial charge >= 0.3 is 0 Å². The number of fused-ring (bicyclic) bond motifs is 1. The lowest BCUT2D eigenvalue weighted by atomic mass is 10.00. The Morgan fingerprint density at radius 3 is 2.29 bits per heavy atom. The molecule has 0 aliphatic carbocycles. The molecule has 0 unspecified atom stereocenters. The molecular formula is C25H20N4O2. The van der Waals surface area contributed by atoms with Gasteiger partial charge in [-0.2, -0.15) is 5.10 Å². The number of nitrogens with zero attached hydrogens (tertiary/aromatic N) is 2. The van der Waals surface area contributed by atoms with Crippen LogP contribution in [-0.2, 0) is 0 Å². The third-order valence-electron chi connectivity index (χ3n) is 5.07. The van der Waals surface area contributed by atoms with Gasteiger partial charge in [-0.3, -0.25) is 5.10 Å². The van der Waals surface area contributed by atoms with Crippen molar-refractivity contribution in [1.29, 1.82) is 0 Å². The number of nitrogens with one attached hydrogen (secondary N) is 1. The van der Waals surface area contributed by atoms with Crippen molar-refractivity contribution in [1.82, 2.24) is 15.2 Å². The van der Waals surface area contributed by atoms with Crippen LogP contribution in [0.25, 0.3) is 33.4 Å². The minimum Gasteiger partial charge on any atom is -0.497 e. The molecule has 0 atom stereocenters. The zero-order valence-electron chi connectivity index (χ0n) is 16.9. The van der Waals surface area contributed by atoms with E-state index >= 15 is 0 Å². The summed E-state index contributed by atoms with van der Waals surface area (Å²) >= 11 is 0. The zero-order chi connectivity index (χ0) is 21.2. The van der Waals surface area contributed by atoms with E-state index in [4.69, 9.17) is 20.2 Å². The van der Waals surface area contributed by atoms with Gasteiger partial charge in [0.1, 0.15) is 17.2 Å². The van der Waals surface area contributed by atoms with Crippen LogP contribution in [0.15, 0.2) is 84.9 Å². The summed E-state index contributed by atoms with van der Waals surface area (Å²) in [6.07, 6.45) is 0. The minimum absolute atomic E-state index is 0.416. The number of nitrogen functional groups attached to an aromatic ring is 1. The summed E-state index contributed by atoms with van der Waals surface area (Å²) < 4.78 is 11.3. The molecule has 3 N–H and O–H groups in total. The topological polar surface area (TPSA) is 86.0 Å². The van der Waals surface area contributed by atoms with Crippen molar-refractivity contribution in [2.75, 3.05) is 12.8 Å². The molecule has 5 rings (SSSR count). The first kappa shape index (κ1) is 18.7. The van der Waals surface area contributed by atoms with Crippen molar-refractivity contribution in [2.45, 2.75) is 0 Å². The molecule has 5 aromatic rings. The van der Waals surface area contributed by atoms with Crippen molar-refractivity contribution in [3.63, 3.8) is 0 Å². The number of hydrogen-bond acceptors (Lipinski definition) is 5. The van der Waals surface area contributed by atoms with Crippen LogP contribution in [0.5, 0.6) is 17.2 Å². The number of rotatable bonds is 5. The third kappa shape index (κ3) is 3.67. The molecule has 0 aliphatic heterocycles. The molecule has 0 amide bonds. The molecule has 3 aromatic carbocycles. The summed E-state index contributed by atoms with van der Waals surface area (Å²) in [5.74, 6) is 2.74. The van der Waals surface area contributed by atoms with Gasteiger partial charge in [0, 0.05) is 5.56 Å². The number of aromatic nitrogens is 3. The lowest BCUT2D eigenvalue weighted by molar-refractivity contribution is 0.415. The van der Waals surface area contributed by atoms with Gasteiger partial charge < -0.3 is 15.2 Å². The fourth-order valence-corrected chi connectivity index (χ4v) is 3.54. The van der Waals surface area contributed by atoms with E-state index in [1.807, 2.05) is 84.9 Å². The molecule has 0 spiro atoms. The molecule has 0 bridgehead atoms.